The predicted molar refractivity (Wildman–Crippen MR) is 107 cm³/mol. The summed E-state index contributed by atoms with van der Waals surface area (Å²) in [6.07, 6.45) is 7.00. The molecular weight excluding hydrogens is 342 g/mol. The lowest BCUT2D eigenvalue weighted by Crippen LogP contribution is -2.24. The van der Waals surface area contributed by atoms with E-state index in [2.05, 4.69) is 15.2 Å². The number of aromatic nitrogens is 1. The summed E-state index contributed by atoms with van der Waals surface area (Å²) < 4.78 is 10.5. The van der Waals surface area contributed by atoms with Crippen LogP contribution in [0.1, 0.15) is 31.2 Å². The van der Waals surface area contributed by atoms with Gasteiger partial charge in [-0.25, -0.2) is 4.98 Å². The molecule has 0 aliphatic carbocycles. The second-order valence-electron chi connectivity index (χ2n) is 6.72. The van der Waals surface area contributed by atoms with Gasteiger partial charge in [-0.3, -0.25) is 4.79 Å². The lowest BCUT2D eigenvalue weighted by Gasteiger charge is -2.21. The first-order valence-electron chi connectivity index (χ1n) is 9.41. The Morgan fingerprint density at radius 2 is 1.78 bits per heavy atom. The molecule has 2 aromatic rings. The van der Waals surface area contributed by atoms with Crippen LogP contribution in [-0.2, 0) is 11.2 Å². The minimum absolute atomic E-state index is 0.0912. The number of nitrogens with one attached hydrogen (secondary N) is 1. The van der Waals surface area contributed by atoms with Gasteiger partial charge in [0.1, 0.15) is 5.82 Å². The molecule has 0 unspecified atom stereocenters. The van der Waals surface area contributed by atoms with E-state index in [9.17, 15) is 4.79 Å². The Balaban J connectivity index is 1.59. The minimum Gasteiger partial charge on any atom is -0.493 e. The Hall–Kier alpha value is -2.76. The molecule has 0 radical (unpaired) electrons. The van der Waals surface area contributed by atoms with Crippen molar-refractivity contribution in [2.75, 3.05) is 37.5 Å². The fourth-order valence-corrected chi connectivity index (χ4v) is 3.33. The van der Waals surface area contributed by atoms with Crippen LogP contribution in [0.2, 0.25) is 0 Å². The molecular formula is C21H27N3O3. The molecule has 1 aromatic heterocycles. The van der Waals surface area contributed by atoms with E-state index in [4.69, 9.17) is 9.47 Å². The van der Waals surface area contributed by atoms with Crippen LogP contribution in [0.25, 0.3) is 0 Å². The topological polar surface area (TPSA) is 63.7 Å². The van der Waals surface area contributed by atoms with Crippen LogP contribution in [0.5, 0.6) is 11.5 Å². The summed E-state index contributed by atoms with van der Waals surface area (Å²) in [5, 5.41) is 2.91. The van der Waals surface area contributed by atoms with E-state index in [1.807, 2.05) is 24.3 Å². The molecule has 6 nitrogen and oxygen atoms in total. The van der Waals surface area contributed by atoms with Crippen LogP contribution in [0.15, 0.2) is 36.5 Å². The summed E-state index contributed by atoms with van der Waals surface area (Å²) >= 11 is 0. The first kappa shape index (κ1) is 19.0. The summed E-state index contributed by atoms with van der Waals surface area (Å²) in [4.78, 5) is 19.2. The third kappa shape index (κ3) is 5.12. The van der Waals surface area contributed by atoms with E-state index in [1.54, 1.807) is 26.5 Å². The second kappa shape index (κ2) is 9.26. The van der Waals surface area contributed by atoms with Gasteiger partial charge in [-0.2, -0.15) is 0 Å². The van der Waals surface area contributed by atoms with Gasteiger partial charge < -0.3 is 19.7 Å². The minimum atomic E-state index is -0.0912. The molecule has 1 saturated heterocycles. The first-order chi connectivity index (χ1) is 13.2. The van der Waals surface area contributed by atoms with Gasteiger partial charge in [0.05, 0.1) is 32.5 Å². The largest absolute Gasteiger partial charge is 0.493 e. The zero-order chi connectivity index (χ0) is 19.1. The van der Waals surface area contributed by atoms with Crippen LogP contribution in [0, 0.1) is 0 Å². The number of methoxy groups -OCH3 is 2. The van der Waals surface area contributed by atoms with Crippen molar-refractivity contribution in [2.45, 2.75) is 32.1 Å². The molecule has 2 heterocycles. The second-order valence-corrected chi connectivity index (χ2v) is 6.72. The third-order valence-electron chi connectivity index (χ3n) is 4.77. The van der Waals surface area contributed by atoms with Crippen molar-refractivity contribution in [3.63, 3.8) is 0 Å². The molecule has 6 heteroatoms. The van der Waals surface area contributed by atoms with E-state index in [0.717, 1.165) is 24.5 Å². The van der Waals surface area contributed by atoms with Crippen molar-refractivity contribution in [1.82, 2.24) is 4.98 Å². The van der Waals surface area contributed by atoms with Gasteiger partial charge in [0.2, 0.25) is 5.91 Å². The number of nitrogens with zero attached hydrogens (tertiary/aromatic N) is 2. The summed E-state index contributed by atoms with van der Waals surface area (Å²) in [7, 11) is 3.17. The van der Waals surface area contributed by atoms with Crippen LogP contribution in [0.3, 0.4) is 0 Å². The number of carbonyl (C=O) groups excluding carboxylic acids is 1. The van der Waals surface area contributed by atoms with Crippen molar-refractivity contribution in [3.05, 3.63) is 42.1 Å². The maximum Gasteiger partial charge on any atom is 0.228 e. The Morgan fingerprint density at radius 3 is 2.41 bits per heavy atom. The van der Waals surface area contributed by atoms with E-state index in [-0.39, 0.29) is 12.3 Å². The number of rotatable bonds is 6. The molecule has 1 aliphatic rings. The number of hydrogen-bond donors (Lipinski definition) is 1. The highest BCUT2D eigenvalue weighted by Crippen LogP contribution is 2.27. The average Bonchev–Trinajstić information content (AvgIpc) is 2.98. The van der Waals surface area contributed by atoms with E-state index in [0.29, 0.717) is 17.2 Å². The summed E-state index contributed by atoms with van der Waals surface area (Å²) in [5.74, 6) is 2.16. The molecule has 0 bridgehead atoms. The van der Waals surface area contributed by atoms with E-state index >= 15 is 0 Å². The van der Waals surface area contributed by atoms with Crippen LogP contribution in [0.4, 0.5) is 11.5 Å². The lowest BCUT2D eigenvalue weighted by molar-refractivity contribution is -0.115. The van der Waals surface area contributed by atoms with Gasteiger partial charge in [-0.15, -0.1) is 0 Å². The van der Waals surface area contributed by atoms with Gasteiger partial charge in [-0.1, -0.05) is 18.9 Å². The number of anilines is 2. The fraction of sp³-hybridized carbons (Fsp3) is 0.429. The summed E-state index contributed by atoms with van der Waals surface area (Å²) in [6.45, 7) is 2.11. The maximum absolute atomic E-state index is 12.3. The number of ether oxygens (including phenoxy) is 2. The maximum atomic E-state index is 12.3. The molecule has 1 N–H and O–H groups in total. The number of hydrogen-bond acceptors (Lipinski definition) is 5. The van der Waals surface area contributed by atoms with Crippen molar-refractivity contribution >= 4 is 17.4 Å². The Bertz CT molecular complexity index is 754. The monoisotopic (exact) mass is 369 g/mol. The van der Waals surface area contributed by atoms with Crippen molar-refractivity contribution in [2.24, 2.45) is 0 Å². The van der Waals surface area contributed by atoms with Gasteiger partial charge in [-0.05, 0) is 42.7 Å². The molecule has 27 heavy (non-hydrogen) atoms. The smallest absolute Gasteiger partial charge is 0.228 e. The van der Waals surface area contributed by atoms with Gasteiger partial charge in [0.15, 0.2) is 11.5 Å². The molecule has 0 atom stereocenters. The highest BCUT2D eigenvalue weighted by atomic mass is 16.5. The Kier molecular flexibility index (Phi) is 6.52. The van der Waals surface area contributed by atoms with E-state index < -0.39 is 0 Å². The molecule has 1 aromatic carbocycles. The summed E-state index contributed by atoms with van der Waals surface area (Å²) in [5.41, 5.74) is 1.57. The predicted octanol–water partition coefficient (Wildman–Crippen LogP) is 3.66. The molecule has 0 saturated carbocycles. The number of amides is 1. The SMILES string of the molecule is COc1ccc(CC(=O)Nc2ccc(N3CCCCCC3)nc2)cc1OC. The van der Waals surface area contributed by atoms with Gasteiger partial charge >= 0.3 is 0 Å². The van der Waals surface area contributed by atoms with Crippen LogP contribution >= 0.6 is 0 Å². The first-order valence-corrected chi connectivity index (χ1v) is 9.41. The highest BCUT2D eigenvalue weighted by Gasteiger charge is 2.12. The quantitative estimate of drug-likeness (QED) is 0.842. The molecule has 3 rings (SSSR count). The molecule has 0 spiro atoms. The van der Waals surface area contributed by atoms with Gasteiger partial charge in [0, 0.05) is 13.1 Å². The summed E-state index contributed by atoms with van der Waals surface area (Å²) in [6, 6.07) is 9.39. The molecule has 1 aliphatic heterocycles. The highest BCUT2D eigenvalue weighted by molar-refractivity contribution is 5.92. The molecule has 1 amide bonds. The third-order valence-corrected chi connectivity index (χ3v) is 4.77. The number of carbonyl (C=O) groups is 1. The number of benzene rings is 1. The number of pyridine rings is 1. The lowest BCUT2D eigenvalue weighted by atomic mass is 10.1. The molecule has 144 valence electrons. The zero-order valence-corrected chi connectivity index (χ0v) is 16.0. The fourth-order valence-electron chi connectivity index (χ4n) is 3.33. The van der Waals surface area contributed by atoms with Crippen molar-refractivity contribution in [1.29, 1.82) is 0 Å². The van der Waals surface area contributed by atoms with Crippen molar-refractivity contribution < 1.29 is 14.3 Å². The van der Waals surface area contributed by atoms with Crippen LogP contribution < -0.4 is 19.7 Å². The molecule has 1 fully saturated rings. The average molecular weight is 369 g/mol. The standard InChI is InChI=1S/C21H27N3O3/c1-26-18-9-7-16(13-19(18)27-2)14-21(25)23-17-8-10-20(22-15-17)24-11-5-3-4-6-12-24/h7-10,13,15H,3-6,11-12,14H2,1-2H3,(H,23,25). The van der Waals surface area contributed by atoms with E-state index in [1.165, 1.54) is 25.7 Å². The van der Waals surface area contributed by atoms with Gasteiger partial charge in [0.25, 0.3) is 0 Å². The van der Waals surface area contributed by atoms with Crippen LogP contribution in [-0.4, -0.2) is 38.2 Å². The normalized spacial score (nSPS) is 14.4. The Morgan fingerprint density at radius 1 is 1.04 bits per heavy atom. The zero-order valence-electron chi connectivity index (χ0n) is 16.0. The Labute approximate surface area is 160 Å². The van der Waals surface area contributed by atoms with Crippen molar-refractivity contribution in [3.8, 4) is 11.5 Å².